The molecule has 1 N–H and O–H groups in total. The Balaban J connectivity index is 2.23. The predicted octanol–water partition coefficient (Wildman–Crippen LogP) is 3.51. The molecule has 1 heteroatoms. The molecule has 0 spiro atoms. The van der Waals surface area contributed by atoms with Crippen LogP contribution < -0.4 is 5.32 Å². The lowest BCUT2D eigenvalue weighted by Crippen LogP contribution is -2.21. The summed E-state index contributed by atoms with van der Waals surface area (Å²) in [6.07, 6.45) is 5.38. The summed E-state index contributed by atoms with van der Waals surface area (Å²) in [5.74, 6) is 0. The lowest BCUT2D eigenvalue weighted by Gasteiger charge is -2.19. The van der Waals surface area contributed by atoms with E-state index in [9.17, 15) is 0 Å². The monoisotopic (exact) mass is 203 g/mol. The normalized spacial score (nSPS) is 22.4. The van der Waals surface area contributed by atoms with Gasteiger partial charge in [0.1, 0.15) is 0 Å². The third kappa shape index (κ3) is 2.40. The van der Waals surface area contributed by atoms with Gasteiger partial charge in [-0.25, -0.2) is 0 Å². The van der Waals surface area contributed by atoms with E-state index in [1.54, 1.807) is 0 Å². The van der Waals surface area contributed by atoms with Gasteiger partial charge in [-0.2, -0.15) is 0 Å². The number of rotatable bonds is 1. The van der Waals surface area contributed by atoms with Gasteiger partial charge in [0.2, 0.25) is 0 Å². The molecule has 0 amide bonds. The van der Waals surface area contributed by atoms with Gasteiger partial charge in [-0.3, -0.25) is 0 Å². The molecule has 0 aromatic heterocycles. The zero-order chi connectivity index (χ0) is 10.7. The summed E-state index contributed by atoms with van der Waals surface area (Å²) >= 11 is 0. The van der Waals surface area contributed by atoms with Gasteiger partial charge in [0.15, 0.2) is 0 Å². The van der Waals surface area contributed by atoms with E-state index in [-0.39, 0.29) is 0 Å². The Hall–Kier alpha value is -0.820. The molecule has 1 aromatic rings. The fraction of sp³-hybridized carbons (Fsp3) is 0.571. The Labute approximate surface area is 92.9 Å². The van der Waals surface area contributed by atoms with Crippen LogP contribution in [0, 0.1) is 13.8 Å². The summed E-state index contributed by atoms with van der Waals surface area (Å²) in [4.78, 5) is 0. The van der Waals surface area contributed by atoms with E-state index < -0.39 is 0 Å². The molecule has 2 rings (SSSR count). The van der Waals surface area contributed by atoms with Gasteiger partial charge in [-0.1, -0.05) is 31.0 Å². The molecular weight excluding hydrogens is 182 g/mol. The van der Waals surface area contributed by atoms with Crippen LogP contribution in [0.2, 0.25) is 0 Å². The standard InChI is InChI=1S/C14H21N/c1-11-7-6-8-13(12(11)2)14-9-4-3-5-10-15-14/h6-8,14-15H,3-5,9-10H2,1-2H3. The zero-order valence-corrected chi connectivity index (χ0v) is 9.84. The van der Waals surface area contributed by atoms with Crippen LogP contribution in [0.5, 0.6) is 0 Å². The van der Waals surface area contributed by atoms with Crippen LogP contribution in [0.25, 0.3) is 0 Å². The van der Waals surface area contributed by atoms with E-state index in [1.165, 1.54) is 48.9 Å². The maximum absolute atomic E-state index is 3.67. The maximum atomic E-state index is 3.67. The number of aryl methyl sites for hydroxylation is 1. The molecule has 0 radical (unpaired) electrons. The van der Waals surface area contributed by atoms with Gasteiger partial charge in [-0.05, 0) is 49.9 Å². The molecule has 1 heterocycles. The van der Waals surface area contributed by atoms with Crippen LogP contribution in [-0.2, 0) is 0 Å². The first-order chi connectivity index (χ1) is 7.29. The van der Waals surface area contributed by atoms with Crippen molar-refractivity contribution in [2.75, 3.05) is 6.54 Å². The molecule has 0 bridgehead atoms. The first-order valence-corrected chi connectivity index (χ1v) is 6.08. The van der Waals surface area contributed by atoms with Crippen LogP contribution in [-0.4, -0.2) is 6.54 Å². The third-order valence-corrected chi connectivity index (χ3v) is 3.58. The van der Waals surface area contributed by atoms with Crippen molar-refractivity contribution in [3.63, 3.8) is 0 Å². The highest BCUT2D eigenvalue weighted by Gasteiger charge is 2.15. The van der Waals surface area contributed by atoms with Gasteiger partial charge < -0.3 is 5.32 Å². The van der Waals surface area contributed by atoms with Crippen LogP contribution in [0.4, 0.5) is 0 Å². The third-order valence-electron chi connectivity index (χ3n) is 3.58. The number of benzene rings is 1. The van der Waals surface area contributed by atoms with Gasteiger partial charge >= 0.3 is 0 Å². The van der Waals surface area contributed by atoms with Crippen LogP contribution >= 0.6 is 0 Å². The van der Waals surface area contributed by atoms with Crippen LogP contribution in [0.1, 0.15) is 48.4 Å². The quantitative estimate of drug-likeness (QED) is 0.736. The Morgan fingerprint density at radius 1 is 1.13 bits per heavy atom. The number of nitrogens with one attached hydrogen (secondary N) is 1. The summed E-state index contributed by atoms with van der Waals surface area (Å²) in [6, 6.07) is 7.26. The summed E-state index contributed by atoms with van der Waals surface area (Å²) in [5, 5.41) is 3.67. The highest BCUT2D eigenvalue weighted by Crippen LogP contribution is 2.26. The topological polar surface area (TPSA) is 12.0 Å². The summed E-state index contributed by atoms with van der Waals surface area (Å²) < 4.78 is 0. The molecule has 1 saturated heterocycles. The van der Waals surface area contributed by atoms with Gasteiger partial charge in [0.25, 0.3) is 0 Å². The van der Waals surface area contributed by atoms with Gasteiger partial charge in [0.05, 0.1) is 0 Å². The molecule has 15 heavy (non-hydrogen) atoms. The molecule has 1 unspecified atom stereocenters. The number of hydrogen-bond donors (Lipinski definition) is 1. The summed E-state index contributed by atoms with van der Waals surface area (Å²) in [7, 11) is 0. The lowest BCUT2D eigenvalue weighted by atomic mass is 9.95. The largest absolute Gasteiger partial charge is 0.310 e. The van der Waals surface area contributed by atoms with Gasteiger partial charge in [-0.15, -0.1) is 0 Å². The second-order valence-electron chi connectivity index (χ2n) is 4.65. The SMILES string of the molecule is Cc1cccc(C2CCCCCN2)c1C. The van der Waals surface area contributed by atoms with Crippen molar-refractivity contribution in [3.8, 4) is 0 Å². The first kappa shape index (κ1) is 10.7. The molecule has 1 aromatic carbocycles. The highest BCUT2D eigenvalue weighted by atomic mass is 14.9. The molecule has 0 saturated carbocycles. The molecule has 1 nitrogen and oxygen atoms in total. The molecular formula is C14H21N. The molecule has 1 aliphatic rings. The highest BCUT2D eigenvalue weighted by molar-refractivity contribution is 5.35. The Bertz CT molecular complexity index is 322. The minimum absolute atomic E-state index is 0.590. The minimum atomic E-state index is 0.590. The van der Waals surface area contributed by atoms with E-state index in [2.05, 4.69) is 37.4 Å². The van der Waals surface area contributed by atoms with Crippen molar-refractivity contribution < 1.29 is 0 Å². The summed E-state index contributed by atoms with van der Waals surface area (Å²) in [6.45, 7) is 5.63. The fourth-order valence-electron chi connectivity index (χ4n) is 2.45. The van der Waals surface area contributed by atoms with Crippen molar-refractivity contribution >= 4 is 0 Å². The minimum Gasteiger partial charge on any atom is -0.310 e. The number of hydrogen-bond acceptors (Lipinski definition) is 1. The Kier molecular flexibility index (Phi) is 3.42. The molecule has 82 valence electrons. The second kappa shape index (κ2) is 4.80. The Morgan fingerprint density at radius 2 is 2.00 bits per heavy atom. The predicted molar refractivity (Wildman–Crippen MR) is 65.1 cm³/mol. The van der Waals surface area contributed by atoms with Crippen molar-refractivity contribution in [1.82, 2.24) is 5.32 Å². The van der Waals surface area contributed by atoms with E-state index in [1.807, 2.05) is 0 Å². The van der Waals surface area contributed by atoms with Crippen molar-refractivity contribution in [2.24, 2.45) is 0 Å². The molecule has 0 aliphatic carbocycles. The summed E-state index contributed by atoms with van der Waals surface area (Å²) in [5.41, 5.74) is 4.40. The van der Waals surface area contributed by atoms with E-state index >= 15 is 0 Å². The zero-order valence-electron chi connectivity index (χ0n) is 9.84. The van der Waals surface area contributed by atoms with E-state index in [0.717, 1.165) is 0 Å². The molecule has 1 atom stereocenters. The Morgan fingerprint density at radius 3 is 2.87 bits per heavy atom. The van der Waals surface area contributed by atoms with E-state index in [0.29, 0.717) is 6.04 Å². The van der Waals surface area contributed by atoms with Crippen molar-refractivity contribution in [1.29, 1.82) is 0 Å². The van der Waals surface area contributed by atoms with Crippen LogP contribution in [0.3, 0.4) is 0 Å². The molecule has 1 fully saturated rings. The smallest absolute Gasteiger partial charge is 0.0322 e. The maximum Gasteiger partial charge on any atom is 0.0322 e. The second-order valence-corrected chi connectivity index (χ2v) is 4.65. The first-order valence-electron chi connectivity index (χ1n) is 6.08. The average molecular weight is 203 g/mol. The fourth-order valence-corrected chi connectivity index (χ4v) is 2.45. The van der Waals surface area contributed by atoms with Crippen LogP contribution in [0.15, 0.2) is 18.2 Å². The lowest BCUT2D eigenvalue weighted by molar-refractivity contribution is 0.532. The average Bonchev–Trinajstić information content (AvgIpc) is 2.50. The van der Waals surface area contributed by atoms with Crippen molar-refractivity contribution in [3.05, 3.63) is 34.9 Å². The van der Waals surface area contributed by atoms with E-state index in [4.69, 9.17) is 0 Å². The van der Waals surface area contributed by atoms with Crippen molar-refractivity contribution in [2.45, 2.75) is 45.6 Å². The van der Waals surface area contributed by atoms with Gasteiger partial charge in [0, 0.05) is 6.04 Å². The molecule has 1 aliphatic heterocycles.